The lowest BCUT2D eigenvalue weighted by atomic mass is 10.2. The number of carbonyl (C=O) groups excluding carboxylic acids is 1. The third-order valence-corrected chi connectivity index (χ3v) is 6.06. The highest BCUT2D eigenvalue weighted by molar-refractivity contribution is 7.99. The highest BCUT2D eigenvalue weighted by Crippen LogP contribution is 2.25. The Morgan fingerprint density at radius 1 is 1.13 bits per heavy atom. The van der Waals surface area contributed by atoms with E-state index >= 15 is 0 Å². The number of nitrogens with zero attached hydrogens (tertiary/aromatic N) is 4. The maximum Gasteiger partial charge on any atom is 0.234 e. The molecular weight excluding hydrogens is 418 g/mol. The Bertz CT molecular complexity index is 1120. The van der Waals surface area contributed by atoms with Crippen LogP contribution in [0.1, 0.15) is 5.82 Å². The second-order valence-electron chi connectivity index (χ2n) is 6.31. The van der Waals surface area contributed by atoms with Crippen molar-refractivity contribution >= 4 is 34.7 Å². The first-order valence-corrected chi connectivity index (χ1v) is 11.0. The van der Waals surface area contributed by atoms with E-state index in [9.17, 15) is 4.79 Å². The molecular formula is C21H19N5O2S2. The molecule has 0 aliphatic rings. The number of ether oxygens (including phenoxy) is 1. The summed E-state index contributed by atoms with van der Waals surface area (Å²) in [6.07, 6.45) is 1.78. The van der Waals surface area contributed by atoms with Crippen molar-refractivity contribution in [3.8, 4) is 22.0 Å². The summed E-state index contributed by atoms with van der Waals surface area (Å²) < 4.78 is 7.13. The summed E-state index contributed by atoms with van der Waals surface area (Å²) >= 11 is 2.92. The minimum atomic E-state index is -0.107. The monoisotopic (exact) mass is 437 g/mol. The molecule has 7 nitrogen and oxygen atoms in total. The van der Waals surface area contributed by atoms with Gasteiger partial charge in [0, 0.05) is 28.5 Å². The minimum Gasteiger partial charge on any atom is -0.497 e. The van der Waals surface area contributed by atoms with Crippen LogP contribution in [0.4, 0.5) is 5.69 Å². The molecule has 2 aromatic heterocycles. The van der Waals surface area contributed by atoms with E-state index < -0.39 is 0 Å². The van der Waals surface area contributed by atoms with Gasteiger partial charge in [0.1, 0.15) is 16.6 Å². The van der Waals surface area contributed by atoms with Crippen LogP contribution in [0, 0.1) is 6.92 Å². The molecule has 30 heavy (non-hydrogen) atoms. The SMILES string of the molecule is COc1ccc(-n2c(C)nnc2SCC(=O)Nc2ccc(-c3nccs3)cc2)cc1. The topological polar surface area (TPSA) is 81.9 Å². The standard InChI is InChI=1S/C21H19N5O2S2/c1-14-24-25-21(26(14)17-7-9-18(28-2)10-8-17)30-13-19(27)23-16-5-3-15(4-6-16)20-22-11-12-29-20/h3-12H,13H2,1-2H3,(H,23,27). The van der Waals surface area contributed by atoms with E-state index in [4.69, 9.17) is 4.74 Å². The summed E-state index contributed by atoms with van der Waals surface area (Å²) in [6.45, 7) is 1.88. The molecule has 0 bridgehead atoms. The van der Waals surface area contributed by atoms with E-state index in [2.05, 4.69) is 20.5 Å². The molecule has 1 amide bonds. The fraction of sp³-hybridized carbons (Fsp3) is 0.143. The van der Waals surface area contributed by atoms with Crippen molar-refractivity contribution in [3.05, 3.63) is 65.9 Å². The number of amides is 1. The van der Waals surface area contributed by atoms with Gasteiger partial charge in [-0.05, 0) is 55.5 Å². The molecule has 0 aliphatic heterocycles. The molecule has 0 unspecified atom stereocenters. The number of thioether (sulfide) groups is 1. The molecule has 2 heterocycles. The van der Waals surface area contributed by atoms with Crippen molar-refractivity contribution in [2.75, 3.05) is 18.2 Å². The molecule has 0 atom stereocenters. The lowest BCUT2D eigenvalue weighted by Crippen LogP contribution is -2.14. The second-order valence-corrected chi connectivity index (χ2v) is 8.15. The van der Waals surface area contributed by atoms with Crippen LogP contribution < -0.4 is 10.1 Å². The van der Waals surface area contributed by atoms with Crippen LogP contribution >= 0.6 is 23.1 Å². The summed E-state index contributed by atoms with van der Waals surface area (Å²) in [4.78, 5) is 16.7. The lowest BCUT2D eigenvalue weighted by Gasteiger charge is -2.09. The van der Waals surface area contributed by atoms with Gasteiger partial charge in [-0.15, -0.1) is 21.5 Å². The van der Waals surface area contributed by atoms with Crippen molar-refractivity contribution in [3.63, 3.8) is 0 Å². The zero-order valence-corrected chi connectivity index (χ0v) is 18.0. The molecule has 0 fully saturated rings. The third kappa shape index (κ3) is 4.52. The minimum absolute atomic E-state index is 0.107. The third-order valence-electron chi connectivity index (χ3n) is 4.31. The Morgan fingerprint density at radius 2 is 1.90 bits per heavy atom. The van der Waals surface area contributed by atoms with E-state index in [1.54, 1.807) is 24.6 Å². The number of methoxy groups -OCH3 is 1. The summed E-state index contributed by atoms with van der Waals surface area (Å²) in [5.41, 5.74) is 2.69. The van der Waals surface area contributed by atoms with Crippen LogP contribution in [0.5, 0.6) is 5.75 Å². The van der Waals surface area contributed by atoms with Gasteiger partial charge in [0.15, 0.2) is 5.16 Å². The molecule has 0 saturated heterocycles. The summed E-state index contributed by atoms with van der Waals surface area (Å²) in [5.74, 6) is 1.64. The zero-order valence-electron chi connectivity index (χ0n) is 16.4. The van der Waals surface area contributed by atoms with Crippen molar-refractivity contribution in [2.45, 2.75) is 12.1 Å². The number of aryl methyl sites for hydroxylation is 1. The van der Waals surface area contributed by atoms with Gasteiger partial charge in [-0.3, -0.25) is 9.36 Å². The van der Waals surface area contributed by atoms with Gasteiger partial charge in [0.05, 0.1) is 12.9 Å². The Kier molecular flexibility index (Phi) is 6.10. The number of benzene rings is 2. The first-order chi connectivity index (χ1) is 14.6. The molecule has 0 saturated carbocycles. The largest absolute Gasteiger partial charge is 0.497 e. The maximum absolute atomic E-state index is 12.4. The number of rotatable bonds is 7. The van der Waals surface area contributed by atoms with Crippen LogP contribution in [0.2, 0.25) is 0 Å². The van der Waals surface area contributed by atoms with E-state index in [0.717, 1.165) is 33.5 Å². The van der Waals surface area contributed by atoms with Gasteiger partial charge >= 0.3 is 0 Å². The van der Waals surface area contributed by atoms with E-state index in [1.807, 2.05) is 65.4 Å². The Hall–Kier alpha value is -3.17. The highest BCUT2D eigenvalue weighted by Gasteiger charge is 2.14. The fourth-order valence-electron chi connectivity index (χ4n) is 2.85. The lowest BCUT2D eigenvalue weighted by molar-refractivity contribution is -0.113. The average molecular weight is 438 g/mol. The van der Waals surface area contributed by atoms with Crippen LogP contribution in [-0.2, 0) is 4.79 Å². The normalized spacial score (nSPS) is 10.7. The van der Waals surface area contributed by atoms with Gasteiger partial charge in [-0.1, -0.05) is 11.8 Å². The first kappa shape index (κ1) is 20.1. The molecule has 0 spiro atoms. The Morgan fingerprint density at radius 3 is 2.57 bits per heavy atom. The number of aromatic nitrogens is 4. The number of hydrogen-bond donors (Lipinski definition) is 1. The molecule has 4 rings (SSSR count). The van der Waals surface area contributed by atoms with Crippen molar-refractivity contribution < 1.29 is 9.53 Å². The molecule has 4 aromatic rings. The molecule has 152 valence electrons. The van der Waals surface area contributed by atoms with Gasteiger partial charge in [0.2, 0.25) is 5.91 Å². The quantitative estimate of drug-likeness (QED) is 0.431. The second kappa shape index (κ2) is 9.10. The van der Waals surface area contributed by atoms with E-state index in [1.165, 1.54) is 11.8 Å². The smallest absolute Gasteiger partial charge is 0.234 e. The van der Waals surface area contributed by atoms with Crippen LogP contribution in [0.15, 0.2) is 65.3 Å². The number of anilines is 1. The van der Waals surface area contributed by atoms with Crippen molar-refractivity contribution in [1.82, 2.24) is 19.7 Å². The number of carbonyl (C=O) groups is 1. The molecule has 0 aliphatic carbocycles. The maximum atomic E-state index is 12.4. The molecule has 1 N–H and O–H groups in total. The summed E-state index contributed by atoms with van der Waals surface area (Å²) in [7, 11) is 1.63. The van der Waals surface area contributed by atoms with E-state index in [-0.39, 0.29) is 11.7 Å². The molecule has 2 aromatic carbocycles. The number of nitrogens with one attached hydrogen (secondary N) is 1. The first-order valence-electron chi connectivity index (χ1n) is 9.13. The number of thiazole rings is 1. The number of hydrogen-bond acceptors (Lipinski definition) is 7. The van der Waals surface area contributed by atoms with Crippen molar-refractivity contribution in [2.24, 2.45) is 0 Å². The highest BCUT2D eigenvalue weighted by atomic mass is 32.2. The van der Waals surface area contributed by atoms with Crippen LogP contribution in [0.3, 0.4) is 0 Å². The molecule has 9 heteroatoms. The fourth-order valence-corrected chi connectivity index (χ4v) is 4.30. The van der Waals surface area contributed by atoms with Gasteiger partial charge < -0.3 is 10.1 Å². The van der Waals surface area contributed by atoms with Crippen LogP contribution in [-0.4, -0.2) is 38.5 Å². The summed E-state index contributed by atoms with van der Waals surface area (Å²) in [6, 6.07) is 15.3. The van der Waals surface area contributed by atoms with Crippen LogP contribution in [0.25, 0.3) is 16.3 Å². The zero-order chi connectivity index (χ0) is 20.9. The predicted molar refractivity (Wildman–Crippen MR) is 120 cm³/mol. The molecule has 0 radical (unpaired) electrons. The van der Waals surface area contributed by atoms with E-state index in [0.29, 0.717) is 5.16 Å². The van der Waals surface area contributed by atoms with Gasteiger partial charge in [-0.2, -0.15) is 0 Å². The Balaban J connectivity index is 1.39. The average Bonchev–Trinajstić information content (AvgIpc) is 3.43. The van der Waals surface area contributed by atoms with Gasteiger partial charge in [0.25, 0.3) is 0 Å². The Labute approximate surface area is 182 Å². The predicted octanol–water partition coefficient (Wildman–Crippen LogP) is 4.44. The summed E-state index contributed by atoms with van der Waals surface area (Å²) in [5, 5.41) is 14.8. The van der Waals surface area contributed by atoms with Crippen molar-refractivity contribution in [1.29, 1.82) is 0 Å². The van der Waals surface area contributed by atoms with Gasteiger partial charge in [-0.25, -0.2) is 4.98 Å².